The number of benzene rings is 2. The molecule has 5 nitrogen and oxygen atoms in total. The molecule has 0 N–H and O–H groups in total. The van der Waals surface area contributed by atoms with E-state index in [-0.39, 0.29) is 11.6 Å². The minimum atomic E-state index is -0.293. The summed E-state index contributed by atoms with van der Waals surface area (Å²) in [5.74, 6) is 1.46. The van der Waals surface area contributed by atoms with E-state index in [1.54, 1.807) is 18.2 Å². The van der Waals surface area contributed by atoms with Gasteiger partial charge in [-0.2, -0.15) is 4.98 Å². The topological polar surface area (TPSA) is 51.4 Å². The van der Waals surface area contributed by atoms with Gasteiger partial charge in [-0.25, -0.2) is 8.78 Å². The lowest BCUT2D eigenvalue weighted by Crippen LogP contribution is -2.37. The van der Waals surface area contributed by atoms with E-state index in [2.05, 4.69) is 15.0 Å². The van der Waals surface area contributed by atoms with Crippen LogP contribution < -0.4 is 4.74 Å². The summed E-state index contributed by atoms with van der Waals surface area (Å²) in [6.45, 7) is 2.94. The molecular weight excluding hydrogens is 376 g/mol. The molecule has 0 amide bonds. The van der Waals surface area contributed by atoms with E-state index in [9.17, 15) is 8.78 Å². The van der Waals surface area contributed by atoms with Crippen LogP contribution in [0.4, 0.5) is 8.78 Å². The maximum Gasteiger partial charge on any atom is 0.240 e. The standard InChI is InChI=1S/C22H23F2N3O2/c23-18-6-1-4-16(10-18)11-21-25-22(29-26-21)14-27-9-3-5-17(13-27)15-28-20-8-2-7-19(24)12-20/h1-2,4,6-8,10,12,17H,3,5,9,11,13-15H2/t17-/m0/s1. The Bertz CT molecular complexity index is 947. The van der Waals surface area contributed by atoms with Crippen LogP contribution in [0.25, 0.3) is 0 Å². The summed E-state index contributed by atoms with van der Waals surface area (Å²) in [7, 11) is 0. The number of hydrogen-bond acceptors (Lipinski definition) is 5. The van der Waals surface area contributed by atoms with Crippen LogP contribution in [0.5, 0.6) is 5.75 Å². The fraction of sp³-hybridized carbons (Fsp3) is 0.364. The van der Waals surface area contributed by atoms with E-state index >= 15 is 0 Å². The van der Waals surface area contributed by atoms with Crippen molar-refractivity contribution in [3.05, 3.63) is 77.4 Å². The van der Waals surface area contributed by atoms with Gasteiger partial charge >= 0.3 is 0 Å². The van der Waals surface area contributed by atoms with Crippen LogP contribution in [-0.4, -0.2) is 34.7 Å². The smallest absolute Gasteiger partial charge is 0.240 e. The van der Waals surface area contributed by atoms with Gasteiger partial charge in [0, 0.05) is 24.9 Å². The van der Waals surface area contributed by atoms with Crippen molar-refractivity contribution in [3.63, 3.8) is 0 Å². The van der Waals surface area contributed by atoms with E-state index in [1.165, 1.54) is 24.3 Å². The molecule has 1 aromatic heterocycles. The monoisotopic (exact) mass is 399 g/mol. The zero-order chi connectivity index (χ0) is 20.1. The van der Waals surface area contributed by atoms with Gasteiger partial charge in [-0.15, -0.1) is 0 Å². The molecule has 29 heavy (non-hydrogen) atoms. The number of likely N-dealkylation sites (tertiary alicyclic amines) is 1. The first-order valence-corrected chi connectivity index (χ1v) is 9.81. The zero-order valence-electron chi connectivity index (χ0n) is 16.1. The Balaban J connectivity index is 1.28. The van der Waals surface area contributed by atoms with Gasteiger partial charge in [-0.3, -0.25) is 4.90 Å². The molecule has 0 aliphatic carbocycles. The molecule has 1 aliphatic rings. The molecular formula is C22H23F2N3O2. The fourth-order valence-electron chi connectivity index (χ4n) is 3.65. The number of hydrogen-bond donors (Lipinski definition) is 0. The molecule has 0 bridgehead atoms. The predicted octanol–water partition coefficient (Wildman–Crippen LogP) is 4.23. The van der Waals surface area contributed by atoms with E-state index in [4.69, 9.17) is 9.26 Å². The van der Waals surface area contributed by atoms with E-state index in [1.807, 2.05) is 6.07 Å². The van der Waals surface area contributed by atoms with Crippen molar-refractivity contribution in [2.45, 2.75) is 25.8 Å². The molecule has 0 saturated carbocycles. The molecule has 3 aromatic rings. The van der Waals surface area contributed by atoms with Gasteiger partial charge in [0.2, 0.25) is 5.89 Å². The van der Waals surface area contributed by atoms with Crippen LogP contribution >= 0.6 is 0 Å². The first kappa shape index (κ1) is 19.5. The molecule has 0 radical (unpaired) electrons. The highest BCUT2D eigenvalue weighted by atomic mass is 19.1. The molecule has 1 saturated heterocycles. The Morgan fingerprint density at radius 2 is 1.93 bits per heavy atom. The van der Waals surface area contributed by atoms with Gasteiger partial charge in [0.05, 0.1) is 13.2 Å². The fourth-order valence-corrected chi connectivity index (χ4v) is 3.65. The first-order valence-electron chi connectivity index (χ1n) is 9.81. The molecule has 1 atom stereocenters. The Labute approximate surface area is 168 Å². The minimum Gasteiger partial charge on any atom is -0.493 e. The molecule has 1 aliphatic heterocycles. The first-order chi connectivity index (χ1) is 14.1. The van der Waals surface area contributed by atoms with Gasteiger partial charge in [0.15, 0.2) is 5.82 Å². The van der Waals surface area contributed by atoms with Crippen LogP contribution in [0.2, 0.25) is 0 Å². The second kappa shape index (κ2) is 9.13. The minimum absolute atomic E-state index is 0.272. The summed E-state index contributed by atoms with van der Waals surface area (Å²) in [5.41, 5.74) is 0.810. The van der Waals surface area contributed by atoms with Crippen molar-refractivity contribution in [1.82, 2.24) is 15.0 Å². The average Bonchev–Trinajstić information content (AvgIpc) is 3.13. The van der Waals surface area contributed by atoms with Crippen LogP contribution in [0.1, 0.15) is 30.1 Å². The quantitative estimate of drug-likeness (QED) is 0.595. The number of piperidine rings is 1. The van der Waals surface area contributed by atoms with Gasteiger partial charge in [0.1, 0.15) is 17.4 Å². The lowest BCUT2D eigenvalue weighted by Gasteiger charge is -2.31. The predicted molar refractivity (Wildman–Crippen MR) is 103 cm³/mol. The maximum absolute atomic E-state index is 13.3. The third-order valence-corrected chi connectivity index (χ3v) is 5.01. The summed E-state index contributed by atoms with van der Waals surface area (Å²) in [6.07, 6.45) is 2.56. The molecule has 0 spiro atoms. The third kappa shape index (κ3) is 5.60. The molecule has 2 heterocycles. The average molecular weight is 399 g/mol. The van der Waals surface area contributed by atoms with Crippen molar-refractivity contribution in [2.24, 2.45) is 5.92 Å². The highest BCUT2D eigenvalue weighted by Crippen LogP contribution is 2.21. The number of ether oxygens (including phenoxy) is 1. The van der Waals surface area contributed by atoms with Crippen molar-refractivity contribution in [3.8, 4) is 5.75 Å². The Morgan fingerprint density at radius 1 is 1.10 bits per heavy atom. The maximum atomic E-state index is 13.3. The second-order valence-electron chi connectivity index (χ2n) is 7.42. The molecule has 4 rings (SSSR count). The second-order valence-corrected chi connectivity index (χ2v) is 7.42. The van der Waals surface area contributed by atoms with Crippen LogP contribution in [-0.2, 0) is 13.0 Å². The van der Waals surface area contributed by atoms with E-state index < -0.39 is 0 Å². The number of nitrogens with zero attached hydrogens (tertiary/aromatic N) is 3. The van der Waals surface area contributed by atoms with E-state index in [0.717, 1.165) is 31.5 Å². The summed E-state index contributed by atoms with van der Waals surface area (Å²) < 4.78 is 37.7. The lowest BCUT2D eigenvalue weighted by atomic mass is 9.99. The molecule has 0 unspecified atom stereocenters. The molecule has 7 heteroatoms. The molecule has 1 fully saturated rings. The van der Waals surface area contributed by atoms with Gasteiger partial charge in [-0.1, -0.05) is 23.4 Å². The van der Waals surface area contributed by atoms with E-state index in [0.29, 0.717) is 43.0 Å². The zero-order valence-corrected chi connectivity index (χ0v) is 16.1. The number of halogens is 2. The van der Waals surface area contributed by atoms with Gasteiger partial charge < -0.3 is 9.26 Å². The normalized spacial score (nSPS) is 17.4. The largest absolute Gasteiger partial charge is 0.493 e. The van der Waals surface area contributed by atoms with Crippen LogP contribution in [0.15, 0.2) is 53.1 Å². The summed E-state index contributed by atoms with van der Waals surface area (Å²) in [4.78, 5) is 6.71. The van der Waals surface area contributed by atoms with Gasteiger partial charge in [-0.05, 0) is 49.2 Å². The highest BCUT2D eigenvalue weighted by Gasteiger charge is 2.22. The SMILES string of the molecule is Fc1cccc(Cc2noc(CN3CCC[C@H](COc4cccc(F)c4)C3)n2)c1. The summed E-state index contributed by atoms with van der Waals surface area (Å²) >= 11 is 0. The number of aromatic nitrogens is 2. The van der Waals surface area contributed by atoms with Gasteiger partial charge in [0.25, 0.3) is 0 Å². The Kier molecular flexibility index (Phi) is 6.14. The van der Waals surface area contributed by atoms with Crippen LogP contribution in [0, 0.1) is 17.6 Å². The van der Waals surface area contributed by atoms with Crippen molar-refractivity contribution < 1.29 is 18.0 Å². The van der Waals surface area contributed by atoms with Crippen LogP contribution in [0.3, 0.4) is 0 Å². The number of rotatable bonds is 7. The van der Waals surface area contributed by atoms with Crippen molar-refractivity contribution >= 4 is 0 Å². The lowest BCUT2D eigenvalue weighted by molar-refractivity contribution is 0.115. The highest BCUT2D eigenvalue weighted by molar-refractivity contribution is 5.22. The Hall–Kier alpha value is -2.80. The van der Waals surface area contributed by atoms with Crippen molar-refractivity contribution in [2.75, 3.05) is 19.7 Å². The summed E-state index contributed by atoms with van der Waals surface area (Å²) in [5, 5.41) is 4.01. The summed E-state index contributed by atoms with van der Waals surface area (Å²) in [6, 6.07) is 12.6. The third-order valence-electron chi connectivity index (χ3n) is 5.01. The molecule has 152 valence electrons. The Morgan fingerprint density at radius 3 is 2.76 bits per heavy atom. The molecule has 2 aromatic carbocycles. The van der Waals surface area contributed by atoms with Crippen molar-refractivity contribution in [1.29, 1.82) is 0 Å².